The molecule has 5 rings (SSSR count). The summed E-state index contributed by atoms with van der Waals surface area (Å²) in [6.07, 6.45) is -3.11. The van der Waals surface area contributed by atoms with Gasteiger partial charge in [-0.1, -0.05) is 59.8 Å². The molecule has 11 heteroatoms. The molecule has 0 saturated carbocycles. The lowest BCUT2D eigenvalue weighted by Crippen LogP contribution is -2.10. The number of alkyl halides is 3. The highest BCUT2D eigenvalue weighted by Crippen LogP contribution is 2.45. The molecule has 0 amide bonds. The van der Waals surface area contributed by atoms with Crippen LogP contribution in [0.1, 0.15) is 20.9 Å². The van der Waals surface area contributed by atoms with E-state index in [0.717, 1.165) is 5.56 Å². The monoisotopic (exact) mass is 496 g/mol. The highest BCUT2D eigenvalue weighted by molar-refractivity contribution is 7.16. The highest BCUT2D eigenvalue weighted by Gasteiger charge is 2.37. The van der Waals surface area contributed by atoms with Crippen molar-refractivity contribution in [3.05, 3.63) is 89.1 Å². The van der Waals surface area contributed by atoms with E-state index in [4.69, 9.17) is 4.52 Å². The average Bonchev–Trinajstić information content (AvgIpc) is 3.59. The fourth-order valence-electron chi connectivity index (χ4n) is 3.55. The molecule has 7 nitrogen and oxygen atoms in total. The van der Waals surface area contributed by atoms with Crippen LogP contribution in [-0.4, -0.2) is 31.0 Å². The van der Waals surface area contributed by atoms with E-state index in [1.165, 1.54) is 23.0 Å². The van der Waals surface area contributed by atoms with Crippen molar-refractivity contribution in [2.75, 3.05) is 0 Å². The van der Waals surface area contributed by atoms with Crippen molar-refractivity contribution in [1.29, 1.82) is 0 Å². The number of aromatic carboxylic acids is 1. The number of halogens is 3. The van der Waals surface area contributed by atoms with Gasteiger partial charge in [-0.15, -0.1) is 11.3 Å². The molecule has 0 unspecified atom stereocenters. The van der Waals surface area contributed by atoms with Crippen molar-refractivity contribution in [1.82, 2.24) is 19.9 Å². The minimum atomic E-state index is -4.53. The SMILES string of the molecule is O=C(O)c1ccnn1Cc1ccc(-c2noc(-c3cc(-c4ccccc4)c(C(F)(F)F)s3)n2)cc1. The molecule has 35 heavy (non-hydrogen) atoms. The number of carbonyl (C=O) groups is 1. The van der Waals surface area contributed by atoms with Gasteiger partial charge < -0.3 is 9.63 Å². The van der Waals surface area contributed by atoms with E-state index in [9.17, 15) is 23.1 Å². The molecular formula is C24H15F3N4O3S. The summed E-state index contributed by atoms with van der Waals surface area (Å²) < 4.78 is 47.7. The lowest BCUT2D eigenvalue weighted by atomic mass is 10.1. The van der Waals surface area contributed by atoms with Gasteiger partial charge in [-0.05, 0) is 23.3 Å². The van der Waals surface area contributed by atoms with E-state index in [-0.39, 0.29) is 34.4 Å². The van der Waals surface area contributed by atoms with Gasteiger partial charge in [0, 0.05) is 17.3 Å². The first-order chi connectivity index (χ1) is 16.8. The summed E-state index contributed by atoms with van der Waals surface area (Å²) in [5, 5.41) is 17.1. The predicted molar refractivity (Wildman–Crippen MR) is 122 cm³/mol. The maximum atomic E-state index is 13.7. The van der Waals surface area contributed by atoms with Crippen LogP contribution in [0.25, 0.3) is 33.3 Å². The molecule has 0 bridgehead atoms. The number of nitrogens with zero attached hydrogens (tertiary/aromatic N) is 4. The van der Waals surface area contributed by atoms with Crippen LogP contribution < -0.4 is 0 Å². The van der Waals surface area contributed by atoms with Gasteiger partial charge in [0.2, 0.25) is 5.82 Å². The molecule has 0 atom stereocenters. The van der Waals surface area contributed by atoms with Crippen molar-refractivity contribution < 1.29 is 27.6 Å². The Morgan fingerprint density at radius 2 is 1.77 bits per heavy atom. The first-order valence-corrected chi connectivity index (χ1v) is 11.1. The molecule has 0 aliphatic carbocycles. The van der Waals surface area contributed by atoms with E-state index in [2.05, 4.69) is 15.2 Å². The summed E-state index contributed by atoms with van der Waals surface area (Å²) >= 11 is 0.552. The van der Waals surface area contributed by atoms with Crippen LogP contribution in [0.2, 0.25) is 0 Å². The summed E-state index contributed by atoms with van der Waals surface area (Å²) in [7, 11) is 0. The first kappa shape index (κ1) is 22.5. The minimum Gasteiger partial charge on any atom is -0.477 e. The lowest BCUT2D eigenvalue weighted by Gasteiger charge is -2.07. The van der Waals surface area contributed by atoms with E-state index >= 15 is 0 Å². The van der Waals surface area contributed by atoms with Crippen molar-refractivity contribution in [2.24, 2.45) is 0 Å². The van der Waals surface area contributed by atoms with Gasteiger partial charge >= 0.3 is 12.1 Å². The van der Waals surface area contributed by atoms with E-state index < -0.39 is 17.0 Å². The van der Waals surface area contributed by atoms with E-state index in [1.54, 1.807) is 54.6 Å². The molecule has 5 aromatic rings. The van der Waals surface area contributed by atoms with Crippen molar-refractivity contribution >= 4 is 17.3 Å². The Balaban J connectivity index is 1.41. The molecule has 0 fully saturated rings. The number of hydrogen-bond acceptors (Lipinski definition) is 6. The first-order valence-electron chi connectivity index (χ1n) is 10.2. The Bertz CT molecular complexity index is 1490. The van der Waals surface area contributed by atoms with Crippen molar-refractivity contribution in [2.45, 2.75) is 12.7 Å². The Labute approximate surface area is 200 Å². The van der Waals surface area contributed by atoms with Crippen LogP contribution in [0.3, 0.4) is 0 Å². The molecule has 0 spiro atoms. The number of benzene rings is 2. The molecule has 176 valence electrons. The van der Waals surface area contributed by atoms with Gasteiger partial charge in [0.1, 0.15) is 10.6 Å². The molecule has 0 saturated heterocycles. The number of hydrogen-bond donors (Lipinski definition) is 1. The number of thiophene rings is 1. The predicted octanol–water partition coefficient (Wildman–Crippen LogP) is 6.09. The van der Waals surface area contributed by atoms with Gasteiger partial charge in [0.05, 0.1) is 11.4 Å². The van der Waals surface area contributed by atoms with Crippen LogP contribution in [0.4, 0.5) is 13.2 Å². The second kappa shape index (κ2) is 8.84. The highest BCUT2D eigenvalue weighted by atomic mass is 32.1. The number of carboxylic acids is 1. The van der Waals surface area contributed by atoms with Crippen LogP contribution in [-0.2, 0) is 12.7 Å². The second-order valence-corrected chi connectivity index (χ2v) is 8.57. The van der Waals surface area contributed by atoms with Gasteiger partial charge in [0.15, 0.2) is 0 Å². The zero-order valence-corrected chi connectivity index (χ0v) is 18.5. The fraction of sp³-hybridized carbons (Fsp3) is 0.0833. The summed E-state index contributed by atoms with van der Waals surface area (Å²) in [5.41, 5.74) is 1.96. The van der Waals surface area contributed by atoms with Gasteiger partial charge in [0.25, 0.3) is 5.89 Å². The summed E-state index contributed by atoms with van der Waals surface area (Å²) in [6.45, 7) is 0.254. The van der Waals surface area contributed by atoms with Crippen molar-refractivity contribution in [3.63, 3.8) is 0 Å². The zero-order chi connectivity index (χ0) is 24.6. The fourth-order valence-corrected chi connectivity index (χ4v) is 4.52. The number of carboxylic acid groups (broad SMARTS) is 1. The molecule has 0 aliphatic rings. The van der Waals surface area contributed by atoms with Gasteiger partial charge in [-0.25, -0.2) is 4.79 Å². The maximum Gasteiger partial charge on any atom is 0.426 e. The van der Waals surface area contributed by atoms with Crippen molar-refractivity contribution in [3.8, 4) is 33.3 Å². The zero-order valence-electron chi connectivity index (χ0n) is 17.7. The summed E-state index contributed by atoms with van der Waals surface area (Å²) in [4.78, 5) is 15.0. The van der Waals surface area contributed by atoms with Crippen LogP contribution in [0.5, 0.6) is 0 Å². The molecule has 0 aliphatic heterocycles. The molecule has 3 heterocycles. The Hall–Kier alpha value is -4.25. The Morgan fingerprint density at radius 3 is 2.46 bits per heavy atom. The van der Waals surface area contributed by atoms with Crippen LogP contribution in [0.15, 0.2) is 77.4 Å². The third kappa shape index (κ3) is 4.58. The Kier molecular flexibility index (Phi) is 5.69. The second-order valence-electron chi connectivity index (χ2n) is 7.52. The van der Waals surface area contributed by atoms with Gasteiger partial charge in [-0.2, -0.15) is 23.3 Å². The van der Waals surface area contributed by atoms with Crippen LogP contribution >= 0.6 is 11.3 Å². The minimum absolute atomic E-state index is 0.00982. The number of aromatic nitrogens is 4. The smallest absolute Gasteiger partial charge is 0.426 e. The average molecular weight is 496 g/mol. The van der Waals surface area contributed by atoms with Gasteiger partial charge in [-0.3, -0.25) is 4.68 Å². The molecule has 3 aromatic heterocycles. The molecule has 1 N–H and O–H groups in total. The summed E-state index contributed by atoms with van der Waals surface area (Å²) in [5.74, 6) is -0.861. The maximum absolute atomic E-state index is 13.7. The third-order valence-corrected chi connectivity index (χ3v) is 6.36. The standard InChI is InChI=1S/C24H15F3N4O3S/c25-24(26,27)20-17(15-4-2-1-3-5-15)12-19(35-20)22-29-21(30-34-22)16-8-6-14(7-9-16)13-31-18(23(32)33)10-11-28-31/h1-12H,13H2,(H,32,33). The van der Waals surface area contributed by atoms with E-state index in [1.807, 2.05) is 0 Å². The van der Waals surface area contributed by atoms with E-state index in [0.29, 0.717) is 22.5 Å². The molecule has 2 aromatic carbocycles. The normalized spacial score (nSPS) is 11.6. The summed E-state index contributed by atoms with van der Waals surface area (Å²) in [6, 6.07) is 18.1. The topological polar surface area (TPSA) is 94.0 Å². The molecule has 0 radical (unpaired) electrons. The largest absolute Gasteiger partial charge is 0.477 e. The molecular weight excluding hydrogens is 481 g/mol. The lowest BCUT2D eigenvalue weighted by molar-refractivity contribution is -0.133. The quantitative estimate of drug-likeness (QED) is 0.306. The van der Waals surface area contributed by atoms with Crippen LogP contribution in [0, 0.1) is 0 Å². The Morgan fingerprint density at radius 1 is 1.03 bits per heavy atom. The third-order valence-electron chi connectivity index (χ3n) is 5.19. The number of rotatable bonds is 6.